The van der Waals surface area contributed by atoms with Crippen LogP contribution in [0, 0.1) is 17.0 Å². The lowest BCUT2D eigenvalue weighted by atomic mass is 10.1. The summed E-state index contributed by atoms with van der Waals surface area (Å²) in [7, 11) is 0. The Morgan fingerprint density at radius 2 is 1.81 bits per heavy atom. The van der Waals surface area contributed by atoms with Gasteiger partial charge in [-0.2, -0.15) is 0 Å². The fourth-order valence-corrected chi connectivity index (χ4v) is 4.72. The Balaban J connectivity index is 1.54. The molecule has 1 N–H and O–H groups in total. The highest BCUT2D eigenvalue weighted by Gasteiger charge is 2.22. The van der Waals surface area contributed by atoms with Crippen LogP contribution in [0.2, 0.25) is 5.02 Å². The maximum absolute atomic E-state index is 12.6. The third-order valence-corrected chi connectivity index (χ3v) is 6.77. The summed E-state index contributed by atoms with van der Waals surface area (Å²) in [6, 6.07) is 20.4. The third-order valence-electron chi connectivity index (χ3n) is 5.54. The minimum absolute atomic E-state index is 0.0202. The zero-order chi connectivity index (χ0) is 26.4. The second-order valence-electron chi connectivity index (χ2n) is 8.20. The maximum Gasteiger partial charge on any atom is 0.269 e. The molecule has 1 amide bonds. The number of aryl methyl sites for hydroxylation is 1. The predicted molar refractivity (Wildman–Crippen MR) is 142 cm³/mol. The lowest BCUT2D eigenvalue weighted by molar-refractivity contribution is -0.384. The van der Waals surface area contributed by atoms with E-state index in [0.29, 0.717) is 33.2 Å². The van der Waals surface area contributed by atoms with Gasteiger partial charge in [-0.15, -0.1) is 10.2 Å². The molecule has 1 heterocycles. The molecule has 0 fully saturated rings. The molecule has 190 valence electrons. The van der Waals surface area contributed by atoms with E-state index in [1.54, 1.807) is 47.9 Å². The van der Waals surface area contributed by atoms with Gasteiger partial charge in [0, 0.05) is 28.6 Å². The largest absolute Gasteiger partial charge is 0.484 e. The molecule has 9 nitrogen and oxygen atoms in total. The van der Waals surface area contributed by atoms with Crippen molar-refractivity contribution in [2.24, 2.45) is 0 Å². The smallest absolute Gasteiger partial charge is 0.269 e. The zero-order valence-electron chi connectivity index (χ0n) is 20.1. The number of carbonyl (C=O) groups is 1. The SMILES string of the molecule is Cc1ccccc1CSc1nnc(C(C)NC(=O)COc2ccc(Cl)cc2)n1-c1ccc([N+](=O)[O-])cc1. The van der Waals surface area contributed by atoms with Gasteiger partial charge in [0.2, 0.25) is 0 Å². The second kappa shape index (κ2) is 11.9. The van der Waals surface area contributed by atoms with E-state index < -0.39 is 11.0 Å². The molecule has 3 aromatic carbocycles. The second-order valence-corrected chi connectivity index (χ2v) is 9.58. The monoisotopic (exact) mass is 537 g/mol. The van der Waals surface area contributed by atoms with E-state index in [-0.39, 0.29) is 18.2 Å². The normalized spacial score (nSPS) is 11.6. The van der Waals surface area contributed by atoms with E-state index >= 15 is 0 Å². The molecule has 37 heavy (non-hydrogen) atoms. The van der Waals surface area contributed by atoms with Gasteiger partial charge in [0.25, 0.3) is 11.6 Å². The van der Waals surface area contributed by atoms with Gasteiger partial charge in [-0.3, -0.25) is 19.5 Å². The first-order valence-corrected chi connectivity index (χ1v) is 12.7. The number of benzene rings is 3. The predicted octanol–water partition coefficient (Wildman–Crippen LogP) is 5.69. The number of rotatable bonds is 10. The number of hydrogen-bond acceptors (Lipinski definition) is 7. The highest BCUT2D eigenvalue weighted by atomic mass is 35.5. The summed E-state index contributed by atoms with van der Waals surface area (Å²) >= 11 is 7.38. The number of nitro benzene ring substituents is 1. The van der Waals surface area contributed by atoms with Gasteiger partial charge < -0.3 is 10.1 Å². The van der Waals surface area contributed by atoms with Crippen molar-refractivity contribution in [2.75, 3.05) is 6.61 Å². The van der Waals surface area contributed by atoms with Crippen LogP contribution in [-0.4, -0.2) is 32.2 Å². The summed E-state index contributed by atoms with van der Waals surface area (Å²) in [5.74, 6) is 1.33. The number of aromatic nitrogens is 3. The molecule has 4 rings (SSSR count). The number of nitrogens with zero attached hydrogens (tertiary/aromatic N) is 4. The number of carbonyl (C=O) groups excluding carboxylic acids is 1. The number of nitro groups is 1. The maximum atomic E-state index is 12.6. The lowest BCUT2D eigenvalue weighted by Gasteiger charge is -2.16. The van der Waals surface area contributed by atoms with Crippen molar-refractivity contribution >= 4 is 35.0 Å². The topological polar surface area (TPSA) is 112 Å². The molecular weight excluding hydrogens is 514 g/mol. The molecule has 0 aliphatic carbocycles. The molecule has 0 saturated carbocycles. The summed E-state index contributed by atoms with van der Waals surface area (Å²) < 4.78 is 7.34. The van der Waals surface area contributed by atoms with Crippen molar-refractivity contribution in [3.63, 3.8) is 0 Å². The van der Waals surface area contributed by atoms with Crippen molar-refractivity contribution in [3.8, 4) is 11.4 Å². The van der Waals surface area contributed by atoms with Gasteiger partial charge in [-0.05, 0) is 61.4 Å². The van der Waals surface area contributed by atoms with E-state index in [0.717, 1.165) is 11.1 Å². The number of amides is 1. The molecule has 0 radical (unpaired) electrons. The Morgan fingerprint density at radius 1 is 1.11 bits per heavy atom. The van der Waals surface area contributed by atoms with E-state index in [2.05, 4.69) is 21.6 Å². The molecule has 4 aromatic rings. The number of thioether (sulfide) groups is 1. The Labute approximate surface area is 223 Å². The third kappa shape index (κ3) is 6.66. The Bertz CT molecular complexity index is 1390. The number of non-ortho nitro benzene ring substituents is 1. The highest BCUT2D eigenvalue weighted by molar-refractivity contribution is 7.98. The van der Waals surface area contributed by atoms with Crippen LogP contribution < -0.4 is 10.1 Å². The van der Waals surface area contributed by atoms with Crippen LogP contribution in [0.25, 0.3) is 5.69 Å². The lowest BCUT2D eigenvalue weighted by Crippen LogP contribution is -2.32. The van der Waals surface area contributed by atoms with Gasteiger partial charge in [0.15, 0.2) is 17.6 Å². The van der Waals surface area contributed by atoms with Gasteiger partial charge in [-0.25, -0.2) is 0 Å². The van der Waals surface area contributed by atoms with Gasteiger partial charge >= 0.3 is 0 Å². The Morgan fingerprint density at radius 3 is 2.49 bits per heavy atom. The van der Waals surface area contributed by atoms with Gasteiger partial charge in [0.1, 0.15) is 5.75 Å². The van der Waals surface area contributed by atoms with E-state index in [4.69, 9.17) is 16.3 Å². The molecule has 0 spiro atoms. The van der Waals surface area contributed by atoms with Crippen LogP contribution in [0.1, 0.15) is 29.9 Å². The minimum Gasteiger partial charge on any atom is -0.484 e. The van der Waals surface area contributed by atoms with Crippen LogP contribution in [0.5, 0.6) is 5.75 Å². The molecule has 0 bridgehead atoms. The zero-order valence-corrected chi connectivity index (χ0v) is 21.7. The summed E-state index contributed by atoms with van der Waals surface area (Å²) in [6.07, 6.45) is 0. The molecule has 0 saturated heterocycles. The first-order chi connectivity index (χ1) is 17.8. The summed E-state index contributed by atoms with van der Waals surface area (Å²) in [5, 5.41) is 23.9. The highest BCUT2D eigenvalue weighted by Crippen LogP contribution is 2.29. The number of nitrogens with one attached hydrogen (secondary N) is 1. The van der Waals surface area contributed by atoms with Crippen LogP contribution in [0.4, 0.5) is 5.69 Å². The van der Waals surface area contributed by atoms with Crippen molar-refractivity contribution in [1.29, 1.82) is 0 Å². The minimum atomic E-state index is -0.517. The quantitative estimate of drug-likeness (QED) is 0.157. The average Bonchev–Trinajstić information content (AvgIpc) is 3.32. The van der Waals surface area contributed by atoms with E-state index in [1.165, 1.54) is 23.9 Å². The molecule has 1 atom stereocenters. The molecule has 11 heteroatoms. The fourth-order valence-electron chi connectivity index (χ4n) is 3.56. The van der Waals surface area contributed by atoms with E-state index in [9.17, 15) is 14.9 Å². The summed E-state index contributed by atoms with van der Waals surface area (Å²) in [4.78, 5) is 23.3. The standard InChI is InChI=1S/C26H24ClN5O4S/c1-17-5-3-4-6-19(17)16-37-26-30-29-25(31(26)21-9-11-22(12-10-21)32(34)35)18(2)28-24(33)15-36-23-13-7-20(27)8-14-23/h3-14,18H,15-16H2,1-2H3,(H,28,33). The Kier molecular flexibility index (Phi) is 8.42. The fraction of sp³-hybridized carbons (Fsp3) is 0.192. The van der Waals surface area contributed by atoms with Crippen LogP contribution >= 0.6 is 23.4 Å². The molecule has 1 aromatic heterocycles. The van der Waals surface area contributed by atoms with Gasteiger partial charge in [0.05, 0.1) is 11.0 Å². The number of halogens is 1. The molecule has 0 aliphatic heterocycles. The number of ether oxygens (including phenoxy) is 1. The molecular formula is C26H24ClN5O4S. The van der Waals surface area contributed by atoms with Crippen molar-refractivity contribution < 1.29 is 14.5 Å². The average molecular weight is 538 g/mol. The first-order valence-electron chi connectivity index (χ1n) is 11.4. The number of hydrogen-bond donors (Lipinski definition) is 1. The van der Waals surface area contributed by atoms with Crippen molar-refractivity contribution in [3.05, 3.63) is 105 Å². The van der Waals surface area contributed by atoms with Crippen LogP contribution in [-0.2, 0) is 10.5 Å². The summed E-state index contributed by atoms with van der Waals surface area (Å²) in [6.45, 7) is 3.65. The van der Waals surface area contributed by atoms with Crippen LogP contribution in [0.3, 0.4) is 0 Å². The van der Waals surface area contributed by atoms with Crippen molar-refractivity contribution in [1.82, 2.24) is 20.1 Å². The first kappa shape index (κ1) is 26.2. The molecule has 1 unspecified atom stereocenters. The molecule has 0 aliphatic rings. The Hall–Kier alpha value is -3.89. The van der Waals surface area contributed by atoms with Crippen LogP contribution in [0.15, 0.2) is 78.0 Å². The van der Waals surface area contributed by atoms with Crippen molar-refractivity contribution in [2.45, 2.75) is 30.8 Å². The summed E-state index contributed by atoms with van der Waals surface area (Å²) in [5.41, 5.74) is 2.95. The van der Waals surface area contributed by atoms with E-state index in [1.807, 2.05) is 25.1 Å². The van der Waals surface area contributed by atoms with Gasteiger partial charge in [-0.1, -0.05) is 47.6 Å².